The normalized spacial score (nSPS) is 10.5. The maximum atomic E-state index is 10.9. The molecular formula is C13H11ClO2S. The van der Waals surface area contributed by atoms with Gasteiger partial charge in [0.15, 0.2) is 0 Å². The van der Waals surface area contributed by atoms with Gasteiger partial charge in [-0.05, 0) is 42.7 Å². The molecule has 0 aliphatic rings. The molecule has 0 saturated heterocycles. The molecule has 2 aromatic rings. The van der Waals surface area contributed by atoms with Crippen molar-refractivity contribution in [3.63, 3.8) is 0 Å². The van der Waals surface area contributed by atoms with Crippen molar-refractivity contribution < 1.29 is 9.90 Å². The van der Waals surface area contributed by atoms with E-state index in [1.54, 1.807) is 6.07 Å². The SMILES string of the molecule is Cc1ccc(-c2sc(C(=O)O)cc2C)cc1Cl. The molecule has 2 rings (SSSR count). The van der Waals surface area contributed by atoms with Gasteiger partial charge in [-0.1, -0.05) is 23.7 Å². The second kappa shape index (κ2) is 4.51. The molecule has 1 aromatic heterocycles. The van der Waals surface area contributed by atoms with Gasteiger partial charge in [0.1, 0.15) is 4.88 Å². The Bertz CT molecular complexity index is 587. The Morgan fingerprint density at radius 3 is 2.47 bits per heavy atom. The van der Waals surface area contributed by atoms with Gasteiger partial charge in [0.2, 0.25) is 0 Å². The van der Waals surface area contributed by atoms with Crippen LogP contribution < -0.4 is 0 Å². The fraction of sp³-hybridized carbons (Fsp3) is 0.154. The topological polar surface area (TPSA) is 37.3 Å². The highest BCUT2D eigenvalue weighted by atomic mass is 35.5. The Labute approximate surface area is 108 Å². The number of carbonyl (C=O) groups is 1. The number of carboxylic acid groups (broad SMARTS) is 1. The monoisotopic (exact) mass is 266 g/mol. The quantitative estimate of drug-likeness (QED) is 0.876. The highest BCUT2D eigenvalue weighted by molar-refractivity contribution is 7.17. The molecule has 88 valence electrons. The minimum Gasteiger partial charge on any atom is -0.477 e. The van der Waals surface area contributed by atoms with Crippen LogP contribution in [0.15, 0.2) is 24.3 Å². The summed E-state index contributed by atoms with van der Waals surface area (Å²) in [6, 6.07) is 7.47. The van der Waals surface area contributed by atoms with Crippen LogP contribution in [0.25, 0.3) is 10.4 Å². The third-order valence-electron chi connectivity index (χ3n) is 2.56. The summed E-state index contributed by atoms with van der Waals surface area (Å²) in [5, 5.41) is 9.65. The molecule has 4 heteroatoms. The third kappa shape index (κ3) is 2.35. The molecule has 0 unspecified atom stereocenters. The maximum absolute atomic E-state index is 10.9. The van der Waals surface area contributed by atoms with Gasteiger partial charge in [-0.25, -0.2) is 4.79 Å². The van der Waals surface area contributed by atoms with Crippen LogP contribution >= 0.6 is 22.9 Å². The minimum absolute atomic E-state index is 0.356. The van der Waals surface area contributed by atoms with E-state index in [-0.39, 0.29) is 0 Å². The van der Waals surface area contributed by atoms with E-state index in [9.17, 15) is 4.79 Å². The van der Waals surface area contributed by atoms with Gasteiger partial charge in [0, 0.05) is 9.90 Å². The van der Waals surface area contributed by atoms with E-state index in [1.807, 2.05) is 32.0 Å². The number of rotatable bonds is 2. The van der Waals surface area contributed by atoms with Crippen molar-refractivity contribution in [2.75, 3.05) is 0 Å². The summed E-state index contributed by atoms with van der Waals surface area (Å²) in [6.45, 7) is 3.85. The molecule has 1 aromatic carbocycles. The minimum atomic E-state index is -0.887. The lowest BCUT2D eigenvalue weighted by atomic mass is 10.1. The first-order valence-electron chi connectivity index (χ1n) is 5.09. The van der Waals surface area contributed by atoms with Crippen molar-refractivity contribution in [2.45, 2.75) is 13.8 Å². The van der Waals surface area contributed by atoms with Crippen LogP contribution in [-0.4, -0.2) is 11.1 Å². The van der Waals surface area contributed by atoms with Crippen molar-refractivity contribution in [3.8, 4) is 10.4 Å². The van der Waals surface area contributed by atoms with Crippen LogP contribution in [0.1, 0.15) is 20.8 Å². The van der Waals surface area contributed by atoms with Crippen molar-refractivity contribution >= 4 is 28.9 Å². The lowest BCUT2D eigenvalue weighted by Crippen LogP contribution is -1.89. The van der Waals surface area contributed by atoms with Gasteiger partial charge in [-0.3, -0.25) is 0 Å². The van der Waals surface area contributed by atoms with E-state index >= 15 is 0 Å². The number of aryl methyl sites for hydroxylation is 2. The Balaban J connectivity index is 2.52. The molecule has 0 atom stereocenters. The molecule has 1 N–H and O–H groups in total. The zero-order valence-corrected chi connectivity index (χ0v) is 11.0. The van der Waals surface area contributed by atoms with E-state index in [0.717, 1.165) is 21.6 Å². The molecule has 2 nitrogen and oxygen atoms in total. The zero-order chi connectivity index (χ0) is 12.6. The Morgan fingerprint density at radius 1 is 1.24 bits per heavy atom. The number of thiophene rings is 1. The summed E-state index contributed by atoms with van der Waals surface area (Å²) in [6.07, 6.45) is 0. The number of halogens is 1. The first-order chi connectivity index (χ1) is 7.99. The van der Waals surface area contributed by atoms with E-state index in [1.165, 1.54) is 11.3 Å². The van der Waals surface area contributed by atoms with Gasteiger partial charge in [0.05, 0.1) is 0 Å². The second-order valence-corrected chi connectivity index (χ2v) is 5.35. The van der Waals surface area contributed by atoms with E-state index in [2.05, 4.69) is 0 Å². The summed E-state index contributed by atoms with van der Waals surface area (Å²) in [5.74, 6) is -0.887. The standard InChI is InChI=1S/C13H11ClO2S/c1-7-3-4-9(6-10(7)14)12-8(2)5-11(17-12)13(15)16/h3-6H,1-2H3,(H,15,16). The summed E-state index contributed by atoms with van der Waals surface area (Å²) >= 11 is 7.35. The predicted octanol–water partition coefficient (Wildman–Crippen LogP) is 4.38. The van der Waals surface area contributed by atoms with Crippen LogP contribution in [0, 0.1) is 13.8 Å². The molecule has 0 radical (unpaired) electrons. The summed E-state index contributed by atoms with van der Waals surface area (Å²) in [4.78, 5) is 12.2. The number of aromatic carboxylic acids is 1. The van der Waals surface area contributed by atoms with Crippen LogP contribution in [0.4, 0.5) is 0 Å². The average Bonchev–Trinajstić information content (AvgIpc) is 2.65. The molecule has 17 heavy (non-hydrogen) atoms. The molecule has 0 amide bonds. The second-order valence-electron chi connectivity index (χ2n) is 3.89. The van der Waals surface area contributed by atoms with E-state index in [4.69, 9.17) is 16.7 Å². The van der Waals surface area contributed by atoms with Gasteiger partial charge in [-0.2, -0.15) is 0 Å². The molecule has 0 spiro atoms. The lowest BCUT2D eigenvalue weighted by Gasteiger charge is -2.02. The Hall–Kier alpha value is -1.32. The molecule has 0 aliphatic carbocycles. The zero-order valence-electron chi connectivity index (χ0n) is 9.45. The van der Waals surface area contributed by atoms with E-state index in [0.29, 0.717) is 9.90 Å². The molecular weight excluding hydrogens is 256 g/mol. The number of carboxylic acids is 1. The van der Waals surface area contributed by atoms with Gasteiger partial charge >= 0.3 is 5.97 Å². The van der Waals surface area contributed by atoms with Crippen molar-refractivity contribution in [1.82, 2.24) is 0 Å². The largest absolute Gasteiger partial charge is 0.477 e. The molecule has 1 heterocycles. The number of hydrogen-bond donors (Lipinski definition) is 1. The summed E-state index contributed by atoms with van der Waals surface area (Å²) < 4.78 is 0. The maximum Gasteiger partial charge on any atom is 0.345 e. The molecule has 0 aliphatic heterocycles. The van der Waals surface area contributed by atoms with Gasteiger partial charge in [-0.15, -0.1) is 11.3 Å². The first kappa shape index (κ1) is 12.1. The van der Waals surface area contributed by atoms with Gasteiger partial charge in [0.25, 0.3) is 0 Å². The fourth-order valence-electron chi connectivity index (χ4n) is 1.61. The van der Waals surface area contributed by atoms with Crippen LogP contribution in [0.5, 0.6) is 0 Å². The van der Waals surface area contributed by atoms with Crippen molar-refractivity contribution in [2.24, 2.45) is 0 Å². The van der Waals surface area contributed by atoms with Crippen LogP contribution in [0.3, 0.4) is 0 Å². The third-order valence-corrected chi connectivity index (χ3v) is 4.24. The molecule has 0 saturated carbocycles. The van der Waals surface area contributed by atoms with Crippen molar-refractivity contribution in [3.05, 3.63) is 45.3 Å². The Kier molecular flexibility index (Phi) is 3.22. The smallest absolute Gasteiger partial charge is 0.345 e. The van der Waals surface area contributed by atoms with Crippen LogP contribution in [0.2, 0.25) is 5.02 Å². The van der Waals surface area contributed by atoms with Gasteiger partial charge < -0.3 is 5.11 Å². The number of benzene rings is 1. The fourth-order valence-corrected chi connectivity index (χ4v) is 2.80. The molecule has 0 bridgehead atoms. The number of hydrogen-bond acceptors (Lipinski definition) is 2. The van der Waals surface area contributed by atoms with Crippen LogP contribution in [-0.2, 0) is 0 Å². The van der Waals surface area contributed by atoms with Crippen molar-refractivity contribution in [1.29, 1.82) is 0 Å². The first-order valence-corrected chi connectivity index (χ1v) is 6.28. The molecule has 0 fully saturated rings. The summed E-state index contributed by atoms with van der Waals surface area (Å²) in [5.41, 5.74) is 2.95. The lowest BCUT2D eigenvalue weighted by molar-refractivity contribution is 0.0702. The highest BCUT2D eigenvalue weighted by Crippen LogP contribution is 2.34. The highest BCUT2D eigenvalue weighted by Gasteiger charge is 2.13. The average molecular weight is 267 g/mol. The predicted molar refractivity (Wildman–Crippen MR) is 71.2 cm³/mol. The summed E-state index contributed by atoms with van der Waals surface area (Å²) in [7, 11) is 0. The Morgan fingerprint density at radius 2 is 1.94 bits per heavy atom. The van der Waals surface area contributed by atoms with E-state index < -0.39 is 5.97 Å².